The molecule has 3 aromatic heterocycles. The number of aryl methyl sites for hydroxylation is 1. The van der Waals surface area contributed by atoms with E-state index in [2.05, 4.69) is 25.9 Å². The van der Waals surface area contributed by atoms with Gasteiger partial charge in [-0.3, -0.25) is 19.6 Å². The van der Waals surface area contributed by atoms with Crippen LogP contribution >= 0.6 is 22.9 Å². The number of pyridine rings is 2. The van der Waals surface area contributed by atoms with E-state index < -0.39 is 6.04 Å². The molecule has 2 amide bonds. The summed E-state index contributed by atoms with van der Waals surface area (Å²) < 4.78 is 0. The first-order valence-corrected chi connectivity index (χ1v) is 13.1. The van der Waals surface area contributed by atoms with Crippen LogP contribution in [0.3, 0.4) is 0 Å². The summed E-state index contributed by atoms with van der Waals surface area (Å²) in [6.07, 6.45) is 10.3. The summed E-state index contributed by atoms with van der Waals surface area (Å²) in [7, 11) is 0. The monoisotopic (exact) mass is 511 g/mol. The number of halogens is 1. The van der Waals surface area contributed by atoms with Gasteiger partial charge in [0.2, 0.25) is 5.91 Å². The molecule has 35 heavy (non-hydrogen) atoms. The summed E-state index contributed by atoms with van der Waals surface area (Å²) in [6, 6.07) is 8.75. The molecule has 1 aliphatic carbocycles. The van der Waals surface area contributed by atoms with Gasteiger partial charge in [-0.15, -0.1) is 11.3 Å². The molecule has 0 saturated heterocycles. The van der Waals surface area contributed by atoms with E-state index in [1.54, 1.807) is 18.6 Å². The standard InChI is InChI=1S/C26H30ClN5O2S/c1-17-22(13-20(27)15-29-17)30-16-21-6-7-24(35-21)26(34)32-23(12-18-4-2-3-5-18)25(33)31-14-19-8-10-28-11-9-19/h6-11,13,15,18,23,30H,2-5,12,14,16H2,1H3,(H,31,33)(H,32,34)/t23-/m0/s1. The van der Waals surface area contributed by atoms with Crippen LogP contribution in [0.15, 0.2) is 48.9 Å². The fraction of sp³-hybridized carbons (Fsp3) is 0.385. The third-order valence-electron chi connectivity index (χ3n) is 6.27. The van der Waals surface area contributed by atoms with Crippen molar-refractivity contribution >= 4 is 40.4 Å². The minimum atomic E-state index is -0.559. The highest BCUT2D eigenvalue weighted by molar-refractivity contribution is 7.14. The summed E-state index contributed by atoms with van der Waals surface area (Å²) in [5.74, 6) is 0.0953. The molecule has 0 radical (unpaired) electrons. The summed E-state index contributed by atoms with van der Waals surface area (Å²) in [5, 5.41) is 9.87. The first kappa shape index (κ1) is 25.1. The number of carbonyl (C=O) groups is 2. The van der Waals surface area contributed by atoms with Crippen LogP contribution in [0.25, 0.3) is 0 Å². The number of anilines is 1. The zero-order chi connectivity index (χ0) is 24.6. The van der Waals surface area contributed by atoms with E-state index in [-0.39, 0.29) is 11.8 Å². The van der Waals surface area contributed by atoms with Gasteiger partial charge in [0, 0.05) is 36.6 Å². The number of carbonyl (C=O) groups excluding carboxylic acids is 2. The van der Waals surface area contributed by atoms with Crippen molar-refractivity contribution in [1.29, 1.82) is 0 Å². The SMILES string of the molecule is Cc1ncc(Cl)cc1NCc1ccc(C(=O)N[C@@H](CC2CCCC2)C(=O)NCc2ccncc2)s1. The van der Waals surface area contributed by atoms with Crippen molar-refractivity contribution in [2.45, 2.75) is 58.2 Å². The van der Waals surface area contributed by atoms with Gasteiger partial charge in [0.25, 0.3) is 5.91 Å². The molecule has 3 N–H and O–H groups in total. The first-order valence-electron chi connectivity index (χ1n) is 11.9. The van der Waals surface area contributed by atoms with E-state index in [9.17, 15) is 9.59 Å². The van der Waals surface area contributed by atoms with Gasteiger partial charge in [-0.25, -0.2) is 0 Å². The normalized spacial score (nSPS) is 14.5. The smallest absolute Gasteiger partial charge is 0.262 e. The largest absolute Gasteiger partial charge is 0.379 e. The van der Waals surface area contributed by atoms with E-state index in [4.69, 9.17) is 11.6 Å². The minimum Gasteiger partial charge on any atom is -0.379 e. The van der Waals surface area contributed by atoms with Crippen molar-refractivity contribution in [3.63, 3.8) is 0 Å². The Balaban J connectivity index is 1.37. The minimum absolute atomic E-state index is 0.149. The molecule has 1 fully saturated rings. The van der Waals surface area contributed by atoms with Crippen LogP contribution < -0.4 is 16.0 Å². The highest BCUT2D eigenvalue weighted by Gasteiger charge is 2.27. The quantitative estimate of drug-likeness (QED) is 0.351. The van der Waals surface area contributed by atoms with Crippen LogP contribution in [0.2, 0.25) is 5.02 Å². The van der Waals surface area contributed by atoms with Gasteiger partial charge >= 0.3 is 0 Å². The second-order valence-corrected chi connectivity index (χ2v) is 10.5. The number of amides is 2. The Morgan fingerprint density at radius 1 is 1.14 bits per heavy atom. The van der Waals surface area contributed by atoms with Gasteiger partial charge in [0.05, 0.1) is 21.3 Å². The van der Waals surface area contributed by atoms with Gasteiger partial charge in [0.1, 0.15) is 6.04 Å². The summed E-state index contributed by atoms with van der Waals surface area (Å²) in [6.45, 7) is 2.87. The van der Waals surface area contributed by atoms with E-state index >= 15 is 0 Å². The summed E-state index contributed by atoms with van der Waals surface area (Å²) in [4.78, 5) is 35.9. The summed E-state index contributed by atoms with van der Waals surface area (Å²) in [5.41, 5.74) is 2.69. The zero-order valence-electron chi connectivity index (χ0n) is 19.7. The molecule has 0 spiro atoms. The maximum absolute atomic E-state index is 13.1. The fourth-order valence-electron chi connectivity index (χ4n) is 4.32. The number of aromatic nitrogens is 2. The van der Waals surface area contributed by atoms with Gasteiger partial charge in [0.15, 0.2) is 0 Å². The van der Waals surface area contributed by atoms with Crippen molar-refractivity contribution in [3.05, 3.63) is 75.0 Å². The van der Waals surface area contributed by atoms with Crippen LogP contribution in [0.1, 0.15) is 57.9 Å². The molecule has 1 saturated carbocycles. The van der Waals surface area contributed by atoms with Gasteiger partial charge in [-0.2, -0.15) is 0 Å². The molecular weight excluding hydrogens is 482 g/mol. The Kier molecular flexibility index (Phi) is 8.71. The predicted octanol–water partition coefficient (Wildman–Crippen LogP) is 5.11. The Labute approximate surface area is 214 Å². The van der Waals surface area contributed by atoms with E-state index in [1.807, 2.05) is 37.3 Å². The first-order chi connectivity index (χ1) is 17.0. The average Bonchev–Trinajstić information content (AvgIpc) is 3.56. The number of nitrogens with one attached hydrogen (secondary N) is 3. The molecule has 1 atom stereocenters. The number of nitrogens with zero attached hydrogens (tertiary/aromatic N) is 2. The second kappa shape index (κ2) is 12.1. The van der Waals surface area contributed by atoms with Crippen molar-refractivity contribution in [1.82, 2.24) is 20.6 Å². The van der Waals surface area contributed by atoms with E-state index in [1.165, 1.54) is 24.2 Å². The maximum atomic E-state index is 13.1. The summed E-state index contributed by atoms with van der Waals surface area (Å²) >= 11 is 7.46. The van der Waals surface area contributed by atoms with Gasteiger partial charge in [-0.1, -0.05) is 37.3 Å². The number of thiophene rings is 1. The molecule has 7 nitrogen and oxygen atoms in total. The van der Waals surface area contributed by atoms with Crippen molar-refractivity contribution in [2.24, 2.45) is 5.92 Å². The Bertz CT molecular complexity index is 1150. The maximum Gasteiger partial charge on any atom is 0.262 e. The molecule has 0 bridgehead atoms. The molecule has 9 heteroatoms. The van der Waals surface area contributed by atoms with Crippen LogP contribution in [-0.4, -0.2) is 27.8 Å². The third kappa shape index (κ3) is 7.26. The van der Waals surface area contributed by atoms with Crippen LogP contribution in [0.4, 0.5) is 5.69 Å². The molecular formula is C26H30ClN5O2S. The lowest BCUT2D eigenvalue weighted by atomic mass is 9.97. The van der Waals surface area contributed by atoms with Crippen molar-refractivity contribution in [2.75, 3.05) is 5.32 Å². The zero-order valence-corrected chi connectivity index (χ0v) is 21.3. The molecule has 0 unspecified atom stereocenters. The lowest BCUT2D eigenvalue weighted by Crippen LogP contribution is -2.47. The van der Waals surface area contributed by atoms with Crippen LogP contribution in [-0.2, 0) is 17.9 Å². The van der Waals surface area contributed by atoms with Crippen molar-refractivity contribution < 1.29 is 9.59 Å². The van der Waals surface area contributed by atoms with E-state index in [0.717, 1.165) is 34.7 Å². The topological polar surface area (TPSA) is 96.0 Å². The molecule has 0 aliphatic heterocycles. The van der Waals surface area contributed by atoms with Crippen molar-refractivity contribution in [3.8, 4) is 0 Å². The highest BCUT2D eigenvalue weighted by atomic mass is 35.5. The number of hydrogen-bond acceptors (Lipinski definition) is 6. The lowest BCUT2D eigenvalue weighted by Gasteiger charge is -2.21. The Morgan fingerprint density at radius 3 is 2.69 bits per heavy atom. The molecule has 3 aromatic rings. The second-order valence-electron chi connectivity index (χ2n) is 8.89. The van der Waals surface area contributed by atoms with Gasteiger partial charge in [-0.05, 0) is 55.2 Å². The fourth-order valence-corrected chi connectivity index (χ4v) is 5.33. The molecule has 4 rings (SSSR count). The highest BCUT2D eigenvalue weighted by Crippen LogP contribution is 2.29. The number of rotatable bonds is 10. The molecule has 184 valence electrons. The van der Waals surface area contributed by atoms with E-state index in [0.29, 0.717) is 35.3 Å². The number of hydrogen-bond donors (Lipinski definition) is 3. The molecule has 0 aromatic carbocycles. The Morgan fingerprint density at radius 2 is 1.91 bits per heavy atom. The molecule has 3 heterocycles. The van der Waals surface area contributed by atoms with Crippen LogP contribution in [0.5, 0.6) is 0 Å². The third-order valence-corrected chi connectivity index (χ3v) is 7.56. The van der Waals surface area contributed by atoms with Crippen LogP contribution in [0, 0.1) is 12.8 Å². The molecule has 1 aliphatic rings. The Hall–Kier alpha value is -2.97. The predicted molar refractivity (Wildman–Crippen MR) is 140 cm³/mol. The average molecular weight is 512 g/mol. The van der Waals surface area contributed by atoms with Gasteiger partial charge < -0.3 is 16.0 Å². The lowest BCUT2D eigenvalue weighted by molar-refractivity contribution is -0.123.